The van der Waals surface area contributed by atoms with E-state index >= 15 is 0 Å². The summed E-state index contributed by atoms with van der Waals surface area (Å²) in [7, 11) is 1.22. The Morgan fingerprint density at radius 2 is 2.33 bits per heavy atom. The summed E-state index contributed by atoms with van der Waals surface area (Å²) in [5.74, 6) is -0.666. The van der Waals surface area contributed by atoms with Crippen LogP contribution in [0.25, 0.3) is 6.08 Å². The van der Waals surface area contributed by atoms with Crippen molar-refractivity contribution in [3.63, 3.8) is 0 Å². The first kappa shape index (κ1) is 11.8. The molecule has 0 bridgehead atoms. The Hall–Kier alpha value is -1.29. The predicted octanol–water partition coefficient (Wildman–Crippen LogP) is 2.56. The molecule has 0 aliphatic heterocycles. The topological polar surface area (TPSA) is 26.3 Å². The monoisotopic (exact) mass is 226 g/mol. The smallest absolute Gasteiger partial charge is 0.340 e. The fourth-order valence-corrected chi connectivity index (χ4v) is 1.20. The molecule has 0 radical (unpaired) electrons. The molecular formula is C11H11FO2S. The van der Waals surface area contributed by atoms with E-state index in [0.29, 0.717) is 11.3 Å². The molecule has 0 atom stereocenters. The molecule has 1 rings (SSSR count). The second-order valence-corrected chi connectivity index (χ2v) is 3.18. The van der Waals surface area contributed by atoms with Gasteiger partial charge in [0.1, 0.15) is 5.82 Å². The second-order valence-electron chi connectivity index (χ2n) is 2.82. The average Bonchev–Trinajstić information content (AvgIpc) is 2.25. The fourth-order valence-electron chi connectivity index (χ4n) is 1.10. The quantitative estimate of drug-likeness (QED) is 0.633. The van der Waals surface area contributed by atoms with Crippen molar-refractivity contribution in [2.45, 2.75) is 0 Å². The zero-order valence-electron chi connectivity index (χ0n) is 8.24. The second kappa shape index (κ2) is 5.56. The largest absolute Gasteiger partial charge is 0.465 e. The van der Waals surface area contributed by atoms with Crippen LogP contribution in [0.3, 0.4) is 0 Å². The zero-order valence-corrected chi connectivity index (χ0v) is 9.13. The maximum absolute atomic E-state index is 13.4. The third kappa shape index (κ3) is 3.09. The minimum Gasteiger partial charge on any atom is -0.465 e. The highest BCUT2D eigenvalue weighted by Gasteiger charge is 2.11. The normalized spacial score (nSPS) is 10.6. The first-order valence-corrected chi connectivity index (χ1v) is 4.97. The van der Waals surface area contributed by atoms with Gasteiger partial charge in [0.05, 0.1) is 12.7 Å². The highest BCUT2D eigenvalue weighted by atomic mass is 32.1. The van der Waals surface area contributed by atoms with Crippen molar-refractivity contribution in [2.75, 3.05) is 12.9 Å². The Morgan fingerprint density at radius 1 is 1.60 bits per heavy atom. The van der Waals surface area contributed by atoms with E-state index in [-0.39, 0.29) is 5.56 Å². The molecule has 2 nitrogen and oxygen atoms in total. The van der Waals surface area contributed by atoms with Crippen LogP contribution in [-0.4, -0.2) is 18.8 Å². The van der Waals surface area contributed by atoms with Crippen molar-refractivity contribution >= 4 is 24.7 Å². The summed E-state index contributed by atoms with van der Waals surface area (Å²) in [5, 5.41) is 0. The minimum absolute atomic E-state index is 0.0551. The lowest BCUT2D eigenvalue weighted by molar-refractivity contribution is 0.0595. The van der Waals surface area contributed by atoms with Gasteiger partial charge in [0.2, 0.25) is 0 Å². The van der Waals surface area contributed by atoms with Crippen LogP contribution in [0.1, 0.15) is 15.9 Å². The Bertz CT molecular complexity index is 388. The van der Waals surface area contributed by atoms with Crippen LogP contribution < -0.4 is 0 Å². The molecule has 0 aliphatic rings. The average molecular weight is 226 g/mol. The van der Waals surface area contributed by atoms with Crippen molar-refractivity contribution in [3.8, 4) is 0 Å². The summed E-state index contributed by atoms with van der Waals surface area (Å²) in [5.41, 5.74) is 0.634. The third-order valence-electron chi connectivity index (χ3n) is 1.81. The number of methoxy groups -OCH3 is 1. The molecule has 1 aromatic rings. The standard InChI is InChI=1S/C11H11FO2S/c1-14-11(13)9-5-4-8(3-2-6-15)7-10(9)12/h2-5,7,15H,6H2,1H3. The molecule has 4 heteroatoms. The SMILES string of the molecule is COC(=O)c1ccc(C=CCS)cc1F. The van der Waals surface area contributed by atoms with Gasteiger partial charge in [-0.1, -0.05) is 18.2 Å². The van der Waals surface area contributed by atoms with Crippen molar-refractivity contribution in [3.05, 3.63) is 41.2 Å². The van der Waals surface area contributed by atoms with Gasteiger partial charge in [-0.15, -0.1) is 0 Å². The number of carbonyl (C=O) groups excluding carboxylic acids is 1. The van der Waals surface area contributed by atoms with Gasteiger partial charge < -0.3 is 4.74 Å². The number of rotatable bonds is 3. The molecule has 0 spiro atoms. The molecule has 0 fully saturated rings. The molecule has 0 saturated carbocycles. The first-order chi connectivity index (χ1) is 7.19. The maximum atomic E-state index is 13.4. The van der Waals surface area contributed by atoms with E-state index in [4.69, 9.17) is 0 Å². The molecule has 0 heterocycles. The van der Waals surface area contributed by atoms with Gasteiger partial charge >= 0.3 is 5.97 Å². The lowest BCUT2D eigenvalue weighted by Gasteiger charge is -2.01. The van der Waals surface area contributed by atoms with Crippen LogP contribution in [0.15, 0.2) is 24.3 Å². The van der Waals surface area contributed by atoms with Crippen LogP contribution in [0.4, 0.5) is 4.39 Å². The lowest BCUT2D eigenvalue weighted by atomic mass is 10.1. The predicted molar refractivity (Wildman–Crippen MR) is 60.6 cm³/mol. The van der Waals surface area contributed by atoms with Crippen LogP contribution in [0.5, 0.6) is 0 Å². The van der Waals surface area contributed by atoms with Crippen LogP contribution in [0, 0.1) is 5.82 Å². The van der Waals surface area contributed by atoms with E-state index in [1.54, 1.807) is 18.2 Å². The van der Waals surface area contributed by atoms with Gasteiger partial charge in [-0.2, -0.15) is 12.6 Å². The Labute approximate surface area is 93.2 Å². The van der Waals surface area contributed by atoms with Crippen molar-refractivity contribution in [2.24, 2.45) is 0 Å². The summed E-state index contributed by atoms with van der Waals surface area (Å²) in [4.78, 5) is 11.1. The summed E-state index contributed by atoms with van der Waals surface area (Å²) < 4.78 is 17.8. The van der Waals surface area contributed by atoms with Crippen LogP contribution >= 0.6 is 12.6 Å². The molecule has 0 aromatic heterocycles. The van der Waals surface area contributed by atoms with E-state index in [2.05, 4.69) is 17.4 Å². The number of ether oxygens (including phenoxy) is 1. The number of carbonyl (C=O) groups is 1. The van der Waals surface area contributed by atoms with E-state index in [1.165, 1.54) is 19.2 Å². The number of benzene rings is 1. The molecule has 0 amide bonds. The van der Waals surface area contributed by atoms with E-state index in [0.717, 1.165) is 0 Å². The first-order valence-electron chi connectivity index (χ1n) is 4.34. The molecule has 80 valence electrons. The summed E-state index contributed by atoms with van der Waals surface area (Å²) in [6.45, 7) is 0. The van der Waals surface area contributed by atoms with E-state index in [1.807, 2.05) is 0 Å². The lowest BCUT2D eigenvalue weighted by Crippen LogP contribution is -2.04. The van der Waals surface area contributed by atoms with E-state index in [9.17, 15) is 9.18 Å². The Morgan fingerprint density at radius 3 is 2.87 bits per heavy atom. The maximum Gasteiger partial charge on any atom is 0.340 e. The van der Waals surface area contributed by atoms with E-state index < -0.39 is 11.8 Å². The molecule has 1 aromatic carbocycles. The van der Waals surface area contributed by atoms with Gasteiger partial charge in [0.15, 0.2) is 0 Å². The van der Waals surface area contributed by atoms with Gasteiger partial charge in [-0.05, 0) is 17.7 Å². The van der Waals surface area contributed by atoms with Crippen LogP contribution in [0.2, 0.25) is 0 Å². The van der Waals surface area contributed by atoms with Gasteiger partial charge in [-0.3, -0.25) is 0 Å². The Kier molecular flexibility index (Phi) is 4.37. The van der Waals surface area contributed by atoms with Gasteiger partial charge in [-0.25, -0.2) is 9.18 Å². The molecule has 0 aliphatic carbocycles. The summed E-state index contributed by atoms with van der Waals surface area (Å²) in [6, 6.07) is 4.33. The highest BCUT2D eigenvalue weighted by Crippen LogP contribution is 2.12. The number of esters is 1. The molecule has 15 heavy (non-hydrogen) atoms. The van der Waals surface area contributed by atoms with Crippen LogP contribution in [-0.2, 0) is 4.74 Å². The summed E-state index contributed by atoms with van der Waals surface area (Å²) >= 11 is 3.99. The number of thiol groups is 1. The zero-order chi connectivity index (χ0) is 11.3. The van der Waals surface area contributed by atoms with Crippen molar-refractivity contribution < 1.29 is 13.9 Å². The molecule has 0 unspecified atom stereocenters. The third-order valence-corrected chi connectivity index (χ3v) is 2.02. The fraction of sp³-hybridized carbons (Fsp3) is 0.182. The summed E-state index contributed by atoms with van der Waals surface area (Å²) in [6.07, 6.45) is 3.52. The number of halogens is 1. The number of hydrogen-bond acceptors (Lipinski definition) is 3. The number of hydrogen-bond donors (Lipinski definition) is 1. The van der Waals surface area contributed by atoms with Crippen molar-refractivity contribution in [1.29, 1.82) is 0 Å². The highest BCUT2D eigenvalue weighted by molar-refractivity contribution is 7.80. The Balaban J connectivity index is 2.98. The molecule has 0 N–H and O–H groups in total. The van der Waals surface area contributed by atoms with Gasteiger partial charge in [0.25, 0.3) is 0 Å². The van der Waals surface area contributed by atoms with Gasteiger partial charge in [0, 0.05) is 5.75 Å². The minimum atomic E-state index is -0.669. The van der Waals surface area contributed by atoms with Crippen molar-refractivity contribution in [1.82, 2.24) is 0 Å². The molecular weight excluding hydrogens is 215 g/mol. The molecule has 0 saturated heterocycles.